The van der Waals surface area contributed by atoms with Crippen molar-refractivity contribution in [2.24, 2.45) is 0 Å². The van der Waals surface area contributed by atoms with E-state index in [0.717, 1.165) is 6.54 Å². The van der Waals surface area contributed by atoms with Gasteiger partial charge >= 0.3 is 5.97 Å². The number of carbonyl (C=O) groups excluding carboxylic acids is 1. The molecule has 0 N–H and O–H groups in total. The van der Waals surface area contributed by atoms with E-state index in [0.29, 0.717) is 34.9 Å². The minimum atomic E-state index is -0.394. The molecule has 0 aromatic heterocycles. The lowest BCUT2D eigenvalue weighted by Gasteiger charge is -2.40. The number of methoxy groups -OCH3 is 3. The molecular weight excluding hydrogens is 334 g/mol. The number of hydrogen-bond acceptors (Lipinski definition) is 6. The lowest BCUT2D eigenvalue weighted by molar-refractivity contribution is 0.00806. The zero-order valence-electron chi connectivity index (χ0n) is 16.7. The van der Waals surface area contributed by atoms with Crippen molar-refractivity contribution in [1.29, 1.82) is 0 Å². The number of piperidine rings is 1. The highest BCUT2D eigenvalue weighted by atomic mass is 16.5. The van der Waals surface area contributed by atoms with E-state index in [2.05, 4.69) is 18.7 Å². The van der Waals surface area contributed by atoms with Crippen molar-refractivity contribution >= 4 is 5.97 Å². The molecule has 2 rings (SSSR count). The summed E-state index contributed by atoms with van der Waals surface area (Å²) >= 11 is 0. The number of esters is 1. The fraction of sp³-hybridized carbons (Fsp3) is 0.650. The Kier molecular flexibility index (Phi) is 7.14. The monoisotopic (exact) mass is 365 g/mol. The maximum Gasteiger partial charge on any atom is 0.338 e. The molecule has 6 nitrogen and oxygen atoms in total. The van der Waals surface area contributed by atoms with Crippen LogP contribution in [0.5, 0.6) is 17.2 Å². The molecule has 1 aliphatic rings. The molecule has 146 valence electrons. The molecule has 1 heterocycles. The molecule has 3 atom stereocenters. The SMILES string of the molecule is COc1cc(C(=O)O[C@H](C)CN2[C@@H](C)CCC[C@@H]2C)cc(OC)c1OC. The first kappa shape index (κ1) is 20.4. The van der Waals surface area contributed by atoms with Crippen molar-refractivity contribution in [1.82, 2.24) is 4.90 Å². The molecule has 6 heteroatoms. The van der Waals surface area contributed by atoms with Gasteiger partial charge in [-0.25, -0.2) is 4.79 Å². The van der Waals surface area contributed by atoms with Crippen molar-refractivity contribution in [2.75, 3.05) is 27.9 Å². The van der Waals surface area contributed by atoms with Crippen LogP contribution >= 0.6 is 0 Å². The summed E-state index contributed by atoms with van der Waals surface area (Å²) in [6.07, 6.45) is 3.44. The number of rotatable bonds is 7. The first-order chi connectivity index (χ1) is 12.4. The van der Waals surface area contributed by atoms with Crippen LogP contribution in [0.1, 0.15) is 50.4 Å². The van der Waals surface area contributed by atoms with Gasteiger partial charge in [-0.1, -0.05) is 6.42 Å². The van der Waals surface area contributed by atoms with Crippen LogP contribution in [0.2, 0.25) is 0 Å². The molecule has 1 aromatic carbocycles. The van der Waals surface area contributed by atoms with Gasteiger partial charge in [-0.05, 0) is 45.7 Å². The van der Waals surface area contributed by atoms with Crippen LogP contribution in [-0.4, -0.2) is 56.9 Å². The average Bonchev–Trinajstić information content (AvgIpc) is 2.63. The molecule has 0 spiro atoms. The van der Waals surface area contributed by atoms with E-state index in [1.807, 2.05) is 6.92 Å². The second-order valence-electron chi connectivity index (χ2n) is 6.96. The summed E-state index contributed by atoms with van der Waals surface area (Å²) in [5.74, 6) is 0.930. The predicted molar refractivity (Wildman–Crippen MR) is 100 cm³/mol. The molecule has 0 amide bonds. The van der Waals surface area contributed by atoms with Crippen molar-refractivity contribution in [3.8, 4) is 17.2 Å². The quantitative estimate of drug-likeness (QED) is 0.689. The van der Waals surface area contributed by atoms with Crippen LogP contribution in [0.3, 0.4) is 0 Å². The van der Waals surface area contributed by atoms with Crippen LogP contribution in [0.15, 0.2) is 12.1 Å². The topological polar surface area (TPSA) is 57.2 Å². The van der Waals surface area contributed by atoms with Gasteiger partial charge in [0.05, 0.1) is 26.9 Å². The van der Waals surface area contributed by atoms with Crippen molar-refractivity contribution in [3.63, 3.8) is 0 Å². The minimum Gasteiger partial charge on any atom is -0.493 e. The Bertz CT molecular complexity index is 583. The molecule has 1 aliphatic heterocycles. The van der Waals surface area contributed by atoms with Gasteiger partial charge in [0.2, 0.25) is 5.75 Å². The second-order valence-corrected chi connectivity index (χ2v) is 6.96. The number of likely N-dealkylation sites (tertiary alicyclic amines) is 1. The summed E-state index contributed by atoms with van der Waals surface area (Å²) in [4.78, 5) is 15.0. The van der Waals surface area contributed by atoms with Crippen LogP contribution in [-0.2, 0) is 4.74 Å². The zero-order chi connectivity index (χ0) is 19.3. The first-order valence-corrected chi connectivity index (χ1v) is 9.18. The summed E-state index contributed by atoms with van der Waals surface area (Å²) in [6.45, 7) is 7.15. The highest BCUT2D eigenvalue weighted by Crippen LogP contribution is 2.38. The van der Waals surface area contributed by atoms with E-state index in [4.69, 9.17) is 18.9 Å². The Hall–Kier alpha value is -1.95. The van der Waals surface area contributed by atoms with Gasteiger partial charge in [-0.3, -0.25) is 4.90 Å². The molecule has 0 bridgehead atoms. The highest BCUT2D eigenvalue weighted by Gasteiger charge is 2.27. The van der Waals surface area contributed by atoms with E-state index >= 15 is 0 Å². The number of carbonyl (C=O) groups is 1. The lowest BCUT2D eigenvalue weighted by Crippen LogP contribution is -2.47. The molecular formula is C20H31NO5. The largest absolute Gasteiger partial charge is 0.493 e. The normalized spacial score (nSPS) is 21.8. The van der Waals surface area contributed by atoms with E-state index in [1.165, 1.54) is 40.6 Å². The van der Waals surface area contributed by atoms with Crippen molar-refractivity contribution in [3.05, 3.63) is 17.7 Å². The summed E-state index contributed by atoms with van der Waals surface area (Å²) in [5.41, 5.74) is 0.381. The van der Waals surface area contributed by atoms with Gasteiger partial charge in [-0.2, -0.15) is 0 Å². The van der Waals surface area contributed by atoms with Gasteiger partial charge in [0.15, 0.2) is 11.5 Å². The molecule has 0 aliphatic carbocycles. The van der Waals surface area contributed by atoms with Gasteiger partial charge in [0, 0.05) is 18.6 Å². The summed E-state index contributed by atoms with van der Waals surface area (Å²) in [5, 5.41) is 0. The standard InChI is InChI=1S/C20H31NO5/c1-13-8-7-9-14(2)21(13)12-15(3)26-20(22)16-10-17(23-4)19(25-6)18(11-16)24-5/h10-11,13-15H,7-9,12H2,1-6H3/t13-,14-,15+/m0/s1. The lowest BCUT2D eigenvalue weighted by atomic mass is 9.97. The van der Waals surface area contributed by atoms with E-state index in [1.54, 1.807) is 12.1 Å². The van der Waals surface area contributed by atoms with Gasteiger partial charge in [0.1, 0.15) is 6.10 Å². The number of ether oxygens (including phenoxy) is 4. The predicted octanol–water partition coefficient (Wildman–Crippen LogP) is 3.52. The third kappa shape index (κ3) is 4.61. The fourth-order valence-corrected chi connectivity index (χ4v) is 3.62. The highest BCUT2D eigenvalue weighted by molar-refractivity contribution is 5.91. The Morgan fingerprint density at radius 2 is 1.62 bits per heavy atom. The molecule has 26 heavy (non-hydrogen) atoms. The van der Waals surface area contributed by atoms with Crippen LogP contribution in [0.4, 0.5) is 0 Å². The first-order valence-electron chi connectivity index (χ1n) is 9.18. The van der Waals surface area contributed by atoms with E-state index < -0.39 is 5.97 Å². The van der Waals surface area contributed by atoms with Crippen LogP contribution in [0, 0.1) is 0 Å². The third-order valence-electron chi connectivity index (χ3n) is 5.05. The van der Waals surface area contributed by atoms with Crippen LogP contribution in [0.25, 0.3) is 0 Å². The maximum atomic E-state index is 12.6. The summed E-state index contributed by atoms with van der Waals surface area (Å²) in [6, 6.07) is 4.26. The van der Waals surface area contributed by atoms with E-state index in [-0.39, 0.29) is 6.10 Å². The summed E-state index contributed by atoms with van der Waals surface area (Å²) < 4.78 is 21.6. The van der Waals surface area contributed by atoms with Crippen molar-refractivity contribution < 1.29 is 23.7 Å². The summed E-state index contributed by atoms with van der Waals surface area (Å²) in [7, 11) is 4.57. The Morgan fingerprint density at radius 1 is 1.08 bits per heavy atom. The maximum absolute atomic E-state index is 12.6. The molecule has 0 saturated carbocycles. The molecule has 0 radical (unpaired) electrons. The molecule has 1 aromatic rings. The smallest absolute Gasteiger partial charge is 0.338 e. The van der Waals surface area contributed by atoms with Crippen molar-refractivity contribution in [2.45, 2.75) is 58.2 Å². The van der Waals surface area contributed by atoms with Crippen LogP contribution < -0.4 is 14.2 Å². The van der Waals surface area contributed by atoms with Gasteiger partial charge < -0.3 is 18.9 Å². The minimum absolute atomic E-state index is 0.204. The fourth-order valence-electron chi connectivity index (χ4n) is 3.62. The number of nitrogens with zero attached hydrogens (tertiary/aromatic N) is 1. The number of benzene rings is 1. The number of hydrogen-bond donors (Lipinski definition) is 0. The molecule has 1 saturated heterocycles. The molecule has 1 fully saturated rings. The Balaban J connectivity index is 2.09. The van der Waals surface area contributed by atoms with E-state index in [9.17, 15) is 4.79 Å². The zero-order valence-corrected chi connectivity index (χ0v) is 16.7. The Morgan fingerprint density at radius 3 is 2.08 bits per heavy atom. The van der Waals surface area contributed by atoms with Gasteiger partial charge in [0.25, 0.3) is 0 Å². The van der Waals surface area contributed by atoms with Gasteiger partial charge in [-0.15, -0.1) is 0 Å². The second kappa shape index (κ2) is 9.12. The Labute approximate surface area is 156 Å². The average molecular weight is 365 g/mol. The molecule has 0 unspecified atom stereocenters. The third-order valence-corrected chi connectivity index (χ3v) is 5.05.